The largest absolute Gasteiger partial charge is 0.393 e. The van der Waals surface area contributed by atoms with E-state index in [1.807, 2.05) is 29.0 Å². The van der Waals surface area contributed by atoms with Gasteiger partial charge in [0, 0.05) is 44.3 Å². The first-order chi connectivity index (χ1) is 21.7. The van der Waals surface area contributed by atoms with Crippen molar-refractivity contribution in [2.45, 2.75) is 64.5 Å². The molecule has 2 aromatic carbocycles. The summed E-state index contributed by atoms with van der Waals surface area (Å²) in [6, 6.07) is 12.0. The molecule has 0 amide bonds. The second-order valence-corrected chi connectivity index (χ2v) is 12.3. The molecule has 11 nitrogen and oxygen atoms in total. The van der Waals surface area contributed by atoms with Crippen molar-refractivity contribution >= 4 is 22.5 Å². The number of anilines is 1. The van der Waals surface area contributed by atoms with Gasteiger partial charge in [-0.25, -0.2) is 19.4 Å². The van der Waals surface area contributed by atoms with Crippen molar-refractivity contribution in [3.63, 3.8) is 0 Å². The minimum absolute atomic E-state index is 0.0608. The Morgan fingerprint density at radius 2 is 2.00 bits per heavy atom. The minimum Gasteiger partial charge on any atom is -0.393 e. The van der Waals surface area contributed by atoms with Crippen LogP contribution in [0.2, 0.25) is 0 Å². The molecule has 0 spiro atoms. The van der Waals surface area contributed by atoms with Gasteiger partial charge >= 0.3 is 0 Å². The first kappa shape index (κ1) is 30.9. The van der Waals surface area contributed by atoms with Gasteiger partial charge in [-0.2, -0.15) is 0 Å². The zero-order valence-electron chi connectivity index (χ0n) is 25.8. The summed E-state index contributed by atoms with van der Waals surface area (Å²) in [5.74, 6) is 1.43. The number of hydrogen-bond donors (Lipinski definition) is 4. The molecular weight excluding hydrogens is 573 g/mol. The van der Waals surface area contributed by atoms with E-state index in [9.17, 15) is 14.3 Å². The molecule has 6 rings (SSSR count). The van der Waals surface area contributed by atoms with E-state index in [2.05, 4.69) is 34.4 Å². The summed E-state index contributed by atoms with van der Waals surface area (Å²) in [7, 11) is 0. The van der Waals surface area contributed by atoms with E-state index in [1.54, 1.807) is 29.2 Å². The fourth-order valence-electron chi connectivity index (χ4n) is 6.33. The van der Waals surface area contributed by atoms with E-state index < -0.39 is 0 Å². The maximum absolute atomic E-state index is 13.9. The highest BCUT2D eigenvalue weighted by Crippen LogP contribution is 2.32. The lowest BCUT2D eigenvalue weighted by molar-refractivity contribution is 0.0389. The van der Waals surface area contributed by atoms with Gasteiger partial charge < -0.3 is 25.6 Å². The summed E-state index contributed by atoms with van der Waals surface area (Å²) < 4.78 is 17.0. The summed E-state index contributed by atoms with van der Waals surface area (Å²) in [5, 5.41) is 17.8. The molecule has 0 radical (unpaired) electrons. The average Bonchev–Trinajstić information content (AvgIpc) is 3.54. The number of halogens is 1. The van der Waals surface area contributed by atoms with Crippen molar-refractivity contribution < 1.29 is 9.50 Å². The van der Waals surface area contributed by atoms with E-state index >= 15 is 0 Å². The summed E-state index contributed by atoms with van der Waals surface area (Å²) in [6.45, 7) is 7.12. The van der Waals surface area contributed by atoms with Gasteiger partial charge in [-0.3, -0.25) is 14.7 Å². The lowest BCUT2D eigenvalue weighted by Gasteiger charge is -2.38. The zero-order chi connectivity index (χ0) is 31.5. The van der Waals surface area contributed by atoms with Crippen molar-refractivity contribution in [2.24, 2.45) is 22.6 Å². The molecule has 45 heavy (non-hydrogen) atoms. The van der Waals surface area contributed by atoms with Gasteiger partial charge in [0.15, 0.2) is 5.96 Å². The molecule has 3 heterocycles. The molecule has 12 heteroatoms. The SMILES string of the molecule is CC1C(N=C(Nc2ccc3c(=O)n(CCc4ccc(F)cc4)c(Cn4ccnc4)nc3c2)N2CCNC(N)C2)CCC(O)[C@H]1C. The number of aliphatic hydroxyl groups excluding tert-OH is 1. The van der Waals surface area contributed by atoms with Crippen LogP contribution in [0.25, 0.3) is 10.9 Å². The van der Waals surface area contributed by atoms with Gasteiger partial charge in [-0.15, -0.1) is 0 Å². The molecule has 1 aliphatic heterocycles. The maximum atomic E-state index is 13.9. The predicted octanol–water partition coefficient (Wildman–Crippen LogP) is 2.78. The van der Waals surface area contributed by atoms with Gasteiger partial charge in [0.2, 0.25) is 0 Å². The van der Waals surface area contributed by atoms with Gasteiger partial charge in [-0.05, 0) is 67.0 Å². The molecule has 238 valence electrons. The van der Waals surface area contributed by atoms with Crippen LogP contribution in [0.3, 0.4) is 0 Å². The monoisotopic (exact) mass is 615 g/mol. The average molecular weight is 616 g/mol. The number of rotatable bonds is 7. The highest BCUT2D eigenvalue weighted by Gasteiger charge is 2.34. The normalized spacial score (nSPS) is 24.2. The van der Waals surface area contributed by atoms with Crippen LogP contribution in [-0.2, 0) is 19.5 Å². The summed E-state index contributed by atoms with van der Waals surface area (Å²) in [4.78, 5) is 30.4. The van der Waals surface area contributed by atoms with Crippen LogP contribution in [0, 0.1) is 17.7 Å². The van der Waals surface area contributed by atoms with Crippen molar-refractivity contribution in [3.05, 3.63) is 88.7 Å². The van der Waals surface area contributed by atoms with Crippen LogP contribution in [0.1, 0.15) is 38.1 Å². The summed E-state index contributed by atoms with van der Waals surface area (Å²) in [6.07, 6.45) is 6.85. The molecule has 4 aromatic rings. The van der Waals surface area contributed by atoms with Crippen LogP contribution < -0.4 is 21.9 Å². The molecule has 2 aromatic heterocycles. The van der Waals surface area contributed by atoms with Crippen LogP contribution >= 0.6 is 0 Å². The Bertz CT molecular complexity index is 1690. The van der Waals surface area contributed by atoms with E-state index in [0.717, 1.165) is 43.1 Å². The Balaban J connectivity index is 1.33. The van der Waals surface area contributed by atoms with E-state index in [-0.39, 0.29) is 41.5 Å². The van der Waals surface area contributed by atoms with Crippen LogP contribution in [0.4, 0.5) is 10.1 Å². The number of guanidine groups is 1. The van der Waals surface area contributed by atoms with Crippen molar-refractivity contribution in [2.75, 3.05) is 25.0 Å². The molecule has 2 aliphatic rings. The molecule has 5 N–H and O–H groups in total. The topological polar surface area (TPSA) is 139 Å². The Morgan fingerprint density at radius 3 is 2.76 bits per heavy atom. The van der Waals surface area contributed by atoms with E-state index in [1.165, 1.54) is 12.1 Å². The number of aromatic nitrogens is 4. The number of aryl methyl sites for hydroxylation is 1. The number of fused-ring (bicyclic) bond motifs is 1. The number of hydrogen-bond acceptors (Lipinski definition) is 7. The fourth-order valence-corrected chi connectivity index (χ4v) is 6.33. The van der Waals surface area contributed by atoms with Crippen molar-refractivity contribution in [1.82, 2.24) is 29.3 Å². The van der Waals surface area contributed by atoms with Crippen molar-refractivity contribution in [3.8, 4) is 0 Å². The zero-order valence-corrected chi connectivity index (χ0v) is 25.8. The Labute approximate surface area is 262 Å². The lowest BCUT2D eigenvalue weighted by atomic mass is 9.76. The second kappa shape index (κ2) is 13.5. The van der Waals surface area contributed by atoms with E-state index in [4.69, 9.17) is 15.7 Å². The Morgan fingerprint density at radius 1 is 1.18 bits per heavy atom. The Kier molecular flexibility index (Phi) is 9.24. The number of nitrogens with zero attached hydrogens (tertiary/aromatic N) is 6. The summed E-state index contributed by atoms with van der Waals surface area (Å²) in [5.41, 5.74) is 8.42. The number of imidazole rings is 1. The number of nitrogens with one attached hydrogen (secondary N) is 2. The number of benzene rings is 2. The van der Waals surface area contributed by atoms with Gasteiger partial charge in [-0.1, -0.05) is 26.0 Å². The molecule has 1 saturated carbocycles. The number of aliphatic hydroxyl groups is 1. The van der Waals surface area contributed by atoms with E-state index in [0.29, 0.717) is 42.8 Å². The molecule has 2 fully saturated rings. The molecule has 4 unspecified atom stereocenters. The number of piperazine rings is 1. The summed E-state index contributed by atoms with van der Waals surface area (Å²) >= 11 is 0. The van der Waals surface area contributed by atoms with Crippen LogP contribution in [-0.4, -0.2) is 73.0 Å². The quantitative estimate of drug-likeness (QED) is 0.184. The second-order valence-electron chi connectivity index (χ2n) is 12.3. The third-order valence-corrected chi connectivity index (χ3v) is 9.31. The molecule has 0 bridgehead atoms. The molecule has 1 aliphatic carbocycles. The van der Waals surface area contributed by atoms with Gasteiger partial charge in [0.1, 0.15) is 11.6 Å². The number of nitrogens with two attached hydrogens (primary N) is 1. The highest BCUT2D eigenvalue weighted by molar-refractivity contribution is 5.96. The molecule has 5 atom stereocenters. The minimum atomic E-state index is -0.307. The Hall–Kier alpha value is -4.13. The third kappa shape index (κ3) is 7.08. The number of aliphatic imine (C=N–C) groups is 1. The smallest absolute Gasteiger partial charge is 0.261 e. The first-order valence-corrected chi connectivity index (χ1v) is 15.8. The highest BCUT2D eigenvalue weighted by atomic mass is 19.1. The lowest BCUT2D eigenvalue weighted by Crippen LogP contribution is -2.58. The predicted molar refractivity (Wildman–Crippen MR) is 173 cm³/mol. The molecule has 1 saturated heterocycles. The van der Waals surface area contributed by atoms with Crippen LogP contribution in [0.5, 0.6) is 0 Å². The third-order valence-electron chi connectivity index (χ3n) is 9.31. The standard InChI is InChI=1S/C33H42FN9O2/c1-21-22(2)29(44)10-9-27(21)40-33(42-16-13-37-30(35)18-42)38-25-7-8-26-28(17-25)39-31(19-41-15-12-36-20-41)43(32(26)45)14-11-23-3-5-24(34)6-4-23/h3-8,12,15,17,20-22,27,29-30,37,44H,9-11,13-14,16,18-19,35H2,1-2H3,(H,38,40)/t21?,22-,27?,29?,30?/m0/s1. The van der Waals surface area contributed by atoms with Crippen LogP contribution in [0.15, 0.2) is 71.0 Å². The maximum Gasteiger partial charge on any atom is 0.261 e. The van der Waals surface area contributed by atoms with Gasteiger partial charge in [0.05, 0.1) is 42.1 Å². The fraction of sp³-hybridized carbons (Fsp3) is 0.455. The van der Waals surface area contributed by atoms with Gasteiger partial charge in [0.25, 0.3) is 5.56 Å². The van der Waals surface area contributed by atoms with Crippen molar-refractivity contribution in [1.29, 1.82) is 0 Å². The molecular formula is C33H42FN9O2. The first-order valence-electron chi connectivity index (χ1n) is 15.8.